The molecule has 1 unspecified atom stereocenters. The van der Waals surface area contributed by atoms with Gasteiger partial charge in [-0.05, 0) is 12.1 Å². The zero-order valence-corrected chi connectivity index (χ0v) is 16.5. The van der Waals surface area contributed by atoms with E-state index in [1.807, 2.05) is 0 Å². The van der Waals surface area contributed by atoms with Gasteiger partial charge in [0.2, 0.25) is 0 Å². The summed E-state index contributed by atoms with van der Waals surface area (Å²) in [5.41, 5.74) is 0.673. The highest BCUT2D eigenvalue weighted by molar-refractivity contribution is 6.46. The second-order valence-corrected chi connectivity index (χ2v) is 6.61. The van der Waals surface area contributed by atoms with Crippen LogP contribution in [0.5, 0.6) is 11.5 Å². The molecule has 30 heavy (non-hydrogen) atoms. The summed E-state index contributed by atoms with van der Waals surface area (Å²) in [5.74, 6) is -2.38. The van der Waals surface area contributed by atoms with Crippen molar-refractivity contribution in [2.75, 3.05) is 20.8 Å². The Bertz CT molecular complexity index is 1010. The first kappa shape index (κ1) is 20.9. The molecule has 2 aromatic rings. The molecule has 0 radical (unpaired) electrons. The molecule has 2 N–H and O–H groups in total. The van der Waals surface area contributed by atoms with Crippen molar-refractivity contribution in [1.29, 1.82) is 0 Å². The number of aliphatic carboxylic acids is 1. The average molecular weight is 411 g/mol. The largest absolute Gasteiger partial charge is 0.507 e. The van der Waals surface area contributed by atoms with E-state index in [9.17, 15) is 19.5 Å². The molecular weight excluding hydrogens is 390 g/mol. The van der Waals surface area contributed by atoms with Crippen molar-refractivity contribution in [3.8, 4) is 11.5 Å². The summed E-state index contributed by atoms with van der Waals surface area (Å²) < 4.78 is 10.6. The van der Waals surface area contributed by atoms with Gasteiger partial charge in [-0.1, -0.05) is 30.3 Å². The number of amides is 1. The fraction of sp³-hybridized carbons (Fsp3) is 0.227. The van der Waals surface area contributed by atoms with Crippen LogP contribution in [0.3, 0.4) is 0 Å². The molecule has 2 aromatic carbocycles. The van der Waals surface area contributed by atoms with Crippen LogP contribution in [0.2, 0.25) is 0 Å². The van der Waals surface area contributed by atoms with E-state index in [0.29, 0.717) is 22.6 Å². The van der Waals surface area contributed by atoms with Gasteiger partial charge in [-0.3, -0.25) is 14.4 Å². The Hall–Kier alpha value is -3.81. The van der Waals surface area contributed by atoms with Crippen LogP contribution in [0.15, 0.2) is 54.1 Å². The summed E-state index contributed by atoms with van der Waals surface area (Å²) in [6.45, 7) is -0.203. The number of aliphatic hydroxyl groups is 1. The number of benzene rings is 2. The van der Waals surface area contributed by atoms with Crippen molar-refractivity contribution in [3.05, 3.63) is 65.2 Å². The molecule has 3 rings (SSSR count). The molecule has 1 aliphatic rings. The van der Waals surface area contributed by atoms with Gasteiger partial charge in [0.25, 0.3) is 11.7 Å². The lowest BCUT2D eigenvalue weighted by molar-refractivity contribution is -0.142. The van der Waals surface area contributed by atoms with Crippen LogP contribution in [0.4, 0.5) is 0 Å². The fourth-order valence-electron chi connectivity index (χ4n) is 3.45. The fourth-order valence-corrected chi connectivity index (χ4v) is 3.45. The molecule has 8 nitrogen and oxygen atoms in total. The Balaban J connectivity index is 2.21. The maximum atomic E-state index is 12.9. The minimum atomic E-state index is -1.11. The van der Waals surface area contributed by atoms with Crippen LogP contribution in [0.25, 0.3) is 5.76 Å². The Labute approximate surface area is 173 Å². The van der Waals surface area contributed by atoms with Crippen LogP contribution in [-0.4, -0.2) is 53.5 Å². The van der Waals surface area contributed by atoms with Gasteiger partial charge < -0.3 is 24.6 Å². The molecule has 0 aromatic heterocycles. The number of carbonyl (C=O) groups is 3. The van der Waals surface area contributed by atoms with Crippen molar-refractivity contribution >= 4 is 23.4 Å². The number of nitrogens with zero attached hydrogens (tertiary/aromatic N) is 1. The summed E-state index contributed by atoms with van der Waals surface area (Å²) in [5, 5.41) is 20.0. The molecule has 1 amide bonds. The van der Waals surface area contributed by atoms with E-state index in [-0.39, 0.29) is 24.3 Å². The highest BCUT2D eigenvalue weighted by atomic mass is 16.5. The number of carboxylic acid groups (broad SMARTS) is 1. The van der Waals surface area contributed by atoms with Gasteiger partial charge in [0.05, 0.1) is 32.3 Å². The normalized spacial score (nSPS) is 17.8. The van der Waals surface area contributed by atoms with Crippen LogP contribution >= 0.6 is 0 Å². The molecule has 8 heteroatoms. The van der Waals surface area contributed by atoms with E-state index in [2.05, 4.69) is 0 Å². The third-order valence-corrected chi connectivity index (χ3v) is 4.89. The topological polar surface area (TPSA) is 113 Å². The molecule has 0 spiro atoms. The lowest BCUT2D eigenvalue weighted by Gasteiger charge is -2.26. The van der Waals surface area contributed by atoms with E-state index in [1.54, 1.807) is 48.5 Å². The third-order valence-electron chi connectivity index (χ3n) is 4.89. The monoisotopic (exact) mass is 411 g/mol. The molecule has 1 fully saturated rings. The number of hydrogen-bond donors (Lipinski definition) is 2. The van der Waals surface area contributed by atoms with Crippen molar-refractivity contribution in [2.45, 2.75) is 12.5 Å². The maximum Gasteiger partial charge on any atom is 0.305 e. The molecule has 1 saturated heterocycles. The highest BCUT2D eigenvalue weighted by Crippen LogP contribution is 2.43. The van der Waals surface area contributed by atoms with Gasteiger partial charge >= 0.3 is 5.97 Å². The first-order chi connectivity index (χ1) is 14.4. The number of carboxylic acids is 1. The van der Waals surface area contributed by atoms with Crippen molar-refractivity contribution in [2.24, 2.45) is 0 Å². The summed E-state index contributed by atoms with van der Waals surface area (Å²) in [6, 6.07) is 12.2. The molecular formula is C22H21NO7. The number of ketones is 1. The number of hydrogen-bond acceptors (Lipinski definition) is 6. The number of ether oxygens (including phenoxy) is 2. The number of aliphatic hydroxyl groups excluding tert-OH is 1. The SMILES string of the molecule is COc1ccc(C2/C(=C(\O)c3ccccc3)C(=O)C(=O)N2CCC(=O)O)c(OC)c1. The third kappa shape index (κ3) is 3.84. The predicted molar refractivity (Wildman–Crippen MR) is 107 cm³/mol. The predicted octanol–water partition coefficient (Wildman–Crippen LogP) is 2.60. The highest BCUT2D eigenvalue weighted by Gasteiger charge is 2.47. The summed E-state index contributed by atoms with van der Waals surface area (Å²) in [4.78, 5) is 37.9. The quantitative estimate of drug-likeness (QED) is 0.409. The molecule has 1 heterocycles. The van der Waals surface area contributed by atoms with Crippen molar-refractivity contribution in [3.63, 3.8) is 0 Å². The van der Waals surface area contributed by atoms with E-state index in [4.69, 9.17) is 14.6 Å². The molecule has 1 atom stereocenters. The van der Waals surface area contributed by atoms with Gasteiger partial charge in [-0.25, -0.2) is 0 Å². The van der Waals surface area contributed by atoms with Crippen molar-refractivity contribution < 1.29 is 34.1 Å². The van der Waals surface area contributed by atoms with Gasteiger partial charge in [-0.15, -0.1) is 0 Å². The number of methoxy groups -OCH3 is 2. The van der Waals surface area contributed by atoms with Crippen LogP contribution in [0, 0.1) is 0 Å². The smallest absolute Gasteiger partial charge is 0.305 e. The summed E-state index contributed by atoms with van der Waals surface area (Å²) in [6.07, 6.45) is -0.354. The van der Waals surface area contributed by atoms with E-state index < -0.39 is 23.7 Å². The Morgan fingerprint density at radius 1 is 1.03 bits per heavy atom. The lowest BCUT2D eigenvalue weighted by Crippen LogP contribution is -2.32. The minimum absolute atomic E-state index is 0.125. The van der Waals surface area contributed by atoms with E-state index in [0.717, 1.165) is 4.90 Å². The van der Waals surface area contributed by atoms with E-state index in [1.165, 1.54) is 14.2 Å². The molecule has 0 bridgehead atoms. The van der Waals surface area contributed by atoms with Gasteiger partial charge in [0.15, 0.2) is 0 Å². The Kier molecular flexibility index (Phi) is 6.06. The number of likely N-dealkylation sites (tertiary alicyclic amines) is 1. The van der Waals surface area contributed by atoms with Crippen LogP contribution in [0.1, 0.15) is 23.6 Å². The first-order valence-corrected chi connectivity index (χ1v) is 9.16. The Morgan fingerprint density at radius 3 is 2.33 bits per heavy atom. The summed E-state index contributed by atoms with van der Waals surface area (Å²) >= 11 is 0. The second kappa shape index (κ2) is 8.69. The van der Waals surface area contributed by atoms with Gasteiger partial charge in [-0.2, -0.15) is 0 Å². The van der Waals surface area contributed by atoms with Crippen LogP contribution < -0.4 is 9.47 Å². The average Bonchev–Trinajstić information content (AvgIpc) is 3.01. The summed E-state index contributed by atoms with van der Waals surface area (Å²) in [7, 11) is 2.92. The number of rotatable bonds is 7. The lowest BCUT2D eigenvalue weighted by atomic mass is 9.94. The molecule has 0 saturated carbocycles. The first-order valence-electron chi connectivity index (χ1n) is 9.16. The molecule has 1 aliphatic heterocycles. The Morgan fingerprint density at radius 2 is 1.73 bits per heavy atom. The zero-order valence-electron chi connectivity index (χ0n) is 16.5. The van der Waals surface area contributed by atoms with Gasteiger partial charge in [0, 0.05) is 23.7 Å². The number of Topliss-reactive ketones (excluding diaryl/α,β-unsaturated/α-hetero) is 1. The van der Waals surface area contributed by atoms with Gasteiger partial charge in [0.1, 0.15) is 17.3 Å². The maximum absolute atomic E-state index is 12.9. The zero-order chi connectivity index (χ0) is 21.8. The number of carbonyl (C=O) groups excluding carboxylic acids is 2. The minimum Gasteiger partial charge on any atom is -0.507 e. The standard InChI is InChI=1S/C22H21NO7/c1-29-14-8-9-15(16(12-14)30-2)19-18(20(26)13-6-4-3-5-7-13)21(27)22(28)23(19)11-10-17(24)25/h3-9,12,19,26H,10-11H2,1-2H3,(H,24,25)/b20-18+. The molecule has 0 aliphatic carbocycles. The van der Waals surface area contributed by atoms with Crippen molar-refractivity contribution in [1.82, 2.24) is 4.90 Å². The van der Waals surface area contributed by atoms with E-state index >= 15 is 0 Å². The molecule has 156 valence electrons. The second-order valence-electron chi connectivity index (χ2n) is 6.61. The van der Waals surface area contributed by atoms with Crippen LogP contribution in [-0.2, 0) is 14.4 Å².